The second kappa shape index (κ2) is 9.40. The molecule has 0 heterocycles. The maximum absolute atomic E-state index is 3.79. The molecule has 1 heteroatoms. The molecular weight excluding hydrogens is 470 g/mol. The number of fused-ring (bicyclic) bond motifs is 5. The van der Waals surface area contributed by atoms with Crippen LogP contribution in [0.4, 0.5) is 11.4 Å². The standard InChI is InChI=1S/C38H41N/c1-4-26-22-27-12-11-21-38(24-26,25-27)33-17-10-16-32-36(33)31-20-19-29(23-34(31)37(32,2)3)39-35-18-9-8-15-30(35)28-13-6-5-7-14-28/h5-10,13-20,23,26-27,39H,4,11-12,21-22,24-25H2,1-3H3. The molecule has 0 spiro atoms. The third-order valence-electron chi connectivity index (χ3n) is 10.4. The highest BCUT2D eigenvalue weighted by molar-refractivity contribution is 5.87. The smallest absolute Gasteiger partial charge is 0.0463 e. The van der Waals surface area contributed by atoms with E-state index in [0.29, 0.717) is 5.41 Å². The Morgan fingerprint density at radius 1 is 0.769 bits per heavy atom. The van der Waals surface area contributed by atoms with Gasteiger partial charge < -0.3 is 5.32 Å². The Hall–Kier alpha value is -3.32. The van der Waals surface area contributed by atoms with E-state index >= 15 is 0 Å². The zero-order valence-corrected chi connectivity index (χ0v) is 23.8. The first-order chi connectivity index (χ1) is 19.0. The summed E-state index contributed by atoms with van der Waals surface area (Å²) in [7, 11) is 0. The lowest BCUT2D eigenvalue weighted by Crippen LogP contribution is -2.40. The van der Waals surface area contributed by atoms with Crippen molar-refractivity contribution in [1.29, 1.82) is 0 Å². The van der Waals surface area contributed by atoms with Crippen LogP contribution in [0.15, 0.2) is 91.0 Å². The molecule has 0 aromatic heterocycles. The van der Waals surface area contributed by atoms with E-state index in [2.05, 4.69) is 117 Å². The summed E-state index contributed by atoms with van der Waals surface area (Å²) < 4.78 is 0. The summed E-state index contributed by atoms with van der Waals surface area (Å²) >= 11 is 0. The Labute approximate surface area is 234 Å². The van der Waals surface area contributed by atoms with Crippen LogP contribution in [0.1, 0.15) is 82.4 Å². The van der Waals surface area contributed by atoms with Crippen molar-refractivity contribution in [3.63, 3.8) is 0 Å². The van der Waals surface area contributed by atoms with Crippen molar-refractivity contribution in [1.82, 2.24) is 0 Å². The Kier molecular flexibility index (Phi) is 5.96. The minimum Gasteiger partial charge on any atom is -0.355 e. The Morgan fingerprint density at radius 3 is 2.41 bits per heavy atom. The van der Waals surface area contributed by atoms with Crippen molar-refractivity contribution in [3.8, 4) is 22.3 Å². The molecule has 2 bridgehead atoms. The average Bonchev–Trinajstić information content (AvgIpc) is 3.19. The van der Waals surface area contributed by atoms with E-state index in [0.717, 1.165) is 17.5 Å². The molecule has 3 aliphatic rings. The van der Waals surface area contributed by atoms with Crippen molar-refractivity contribution in [3.05, 3.63) is 108 Å². The van der Waals surface area contributed by atoms with Crippen LogP contribution in [0.2, 0.25) is 0 Å². The number of rotatable bonds is 5. The first kappa shape index (κ1) is 24.7. The number of hydrogen-bond donors (Lipinski definition) is 1. The predicted molar refractivity (Wildman–Crippen MR) is 166 cm³/mol. The average molecular weight is 512 g/mol. The molecule has 0 radical (unpaired) electrons. The Balaban J connectivity index is 1.30. The lowest BCUT2D eigenvalue weighted by molar-refractivity contribution is 0.101. The van der Waals surface area contributed by atoms with Crippen LogP contribution in [0.3, 0.4) is 0 Å². The maximum Gasteiger partial charge on any atom is 0.0463 e. The van der Waals surface area contributed by atoms with Gasteiger partial charge in [-0.2, -0.15) is 0 Å². The molecule has 2 fully saturated rings. The van der Waals surface area contributed by atoms with Gasteiger partial charge in [0.2, 0.25) is 0 Å². The van der Waals surface area contributed by atoms with Gasteiger partial charge in [0.05, 0.1) is 0 Å². The molecule has 198 valence electrons. The van der Waals surface area contributed by atoms with Crippen molar-refractivity contribution >= 4 is 11.4 Å². The molecular formula is C38H41N. The van der Waals surface area contributed by atoms with Gasteiger partial charge in [0.15, 0.2) is 0 Å². The number of hydrogen-bond acceptors (Lipinski definition) is 1. The fraction of sp³-hybridized carbons (Fsp3) is 0.368. The van der Waals surface area contributed by atoms with Gasteiger partial charge in [0, 0.05) is 22.4 Å². The minimum absolute atomic E-state index is 0.0130. The van der Waals surface area contributed by atoms with Gasteiger partial charge in [0.1, 0.15) is 0 Å². The molecule has 3 atom stereocenters. The minimum atomic E-state index is -0.0130. The SMILES string of the molecule is CCC1CC2CCCC(c3cccc4c3-c3ccc(Nc5ccccc5-c5ccccc5)cc3C4(C)C)(C1)C2. The van der Waals surface area contributed by atoms with E-state index in [1.807, 2.05) is 0 Å². The first-order valence-electron chi connectivity index (χ1n) is 15.2. The largest absolute Gasteiger partial charge is 0.355 e. The second-order valence-corrected chi connectivity index (χ2v) is 13.1. The summed E-state index contributed by atoms with van der Waals surface area (Å²) in [6.07, 6.45) is 9.75. The van der Waals surface area contributed by atoms with Gasteiger partial charge in [-0.3, -0.25) is 0 Å². The molecule has 3 unspecified atom stereocenters. The summed E-state index contributed by atoms with van der Waals surface area (Å²) in [5, 5.41) is 3.79. The van der Waals surface area contributed by atoms with Gasteiger partial charge in [-0.25, -0.2) is 0 Å². The molecule has 4 aromatic carbocycles. The van der Waals surface area contributed by atoms with Crippen molar-refractivity contribution in [2.45, 2.75) is 76.5 Å². The van der Waals surface area contributed by atoms with Gasteiger partial charge >= 0.3 is 0 Å². The fourth-order valence-corrected chi connectivity index (χ4v) is 8.57. The fourth-order valence-electron chi connectivity index (χ4n) is 8.57. The summed E-state index contributed by atoms with van der Waals surface area (Å²) in [4.78, 5) is 0. The molecule has 0 aliphatic heterocycles. The van der Waals surface area contributed by atoms with Gasteiger partial charge in [-0.15, -0.1) is 0 Å². The summed E-state index contributed by atoms with van der Waals surface area (Å²) in [5.41, 5.74) is 12.8. The summed E-state index contributed by atoms with van der Waals surface area (Å²) in [6.45, 7) is 7.28. The van der Waals surface area contributed by atoms with Crippen LogP contribution in [-0.2, 0) is 10.8 Å². The molecule has 4 aromatic rings. The molecule has 7 rings (SSSR count). The quantitative estimate of drug-likeness (QED) is 0.281. The Morgan fingerprint density at radius 2 is 1.56 bits per heavy atom. The molecule has 2 saturated carbocycles. The predicted octanol–water partition coefficient (Wildman–Crippen LogP) is 10.7. The van der Waals surface area contributed by atoms with Crippen LogP contribution in [0.25, 0.3) is 22.3 Å². The first-order valence-corrected chi connectivity index (χ1v) is 15.2. The normalized spacial score (nSPS) is 24.6. The number of nitrogens with one attached hydrogen (secondary N) is 1. The highest BCUT2D eigenvalue weighted by Gasteiger charge is 2.47. The number of benzene rings is 4. The lowest BCUT2D eigenvalue weighted by atomic mass is 9.55. The van der Waals surface area contributed by atoms with E-state index < -0.39 is 0 Å². The zero-order valence-electron chi connectivity index (χ0n) is 23.8. The number of para-hydroxylation sites is 1. The van der Waals surface area contributed by atoms with Crippen LogP contribution < -0.4 is 5.32 Å². The van der Waals surface area contributed by atoms with E-state index in [9.17, 15) is 0 Å². The lowest BCUT2D eigenvalue weighted by Gasteiger charge is -2.49. The Bertz CT molecular complexity index is 1510. The van der Waals surface area contributed by atoms with Crippen LogP contribution in [0, 0.1) is 11.8 Å². The van der Waals surface area contributed by atoms with E-state index in [4.69, 9.17) is 0 Å². The highest BCUT2D eigenvalue weighted by atomic mass is 14.9. The second-order valence-electron chi connectivity index (χ2n) is 13.1. The summed E-state index contributed by atoms with van der Waals surface area (Å²) in [5.74, 6) is 1.79. The molecule has 0 amide bonds. The van der Waals surface area contributed by atoms with Crippen molar-refractivity contribution < 1.29 is 0 Å². The van der Waals surface area contributed by atoms with Gasteiger partial charge in [-0.05, 0) is 94.5 Å². The zero-order chi connectivity index (χ0) is 26.6. The van der Waals surface area contributed by atoms with Gasteiger partial charge in [-0.1, -0.05) is 113 Å². The maximum atomic E-state index is 3.79. The monoisotopic (exact) mass is 511 g/mol. The molecule has 1 N–H and O–H groups in total. The van der Waals surface area contributed by atoms with E-state index in [-0.39, 0.29) is 5.41 Å². The number of anilines is 2. The van der Waals surface area contributed by atoms with Crippen molar-refractivity contribution in [2.24, 2.45) is 11.8 Å². The third-order valence-corrected chi connectivity index (χ3v) is 10.4. The molecule has 3 aliphatic carbocycles. The third kappa shape index (κ3) is 4.05. The topological polar surface area (TPSA) is 12.0 Å². The van der Waals surface area contributed by atoms with Gasteiger partial charge in [0.25, 0.3) is 0 Å². The van der Waals surface area contributed by atoms with Crippen LogP contribution >= 0.6 is 0 Å². The van der Waals surface area contributed by atoms with E-state index in [1.165, 1.54) is 78.5 Å². The summed E-state index contributed by atoms with van der Waals surface area (Å²) in [6, 6.07) is 33.8. The van der Waals surface area contributed by atoms with Crippen LogP contribution in [0.5, 0.6) is 0 Å². The molecule has 1 nitrogen and oxygen atoms in total. The van der Waals surface area contributed by atoms with Crippen molar-refractivity contribution in [2.75, 3.05) is 5.32 Å². The molecule has 0 saturated heterocycles. The highest BCUT2D eigenvalue weighted by Crippen LogP contribution is 2.59. The van der Waals surface area contributed by atoms with Crippen LogP contribution in [-0.4, -0.2) is 0 Å². The van der Waals surface area contributed by atoms with E-state index in [1.54, 1.807) is 11.1 Å². The molecule has 39 heavy (non-hydrogen) atoms.